The average Bonchev–Trinajstić information content (AvgIpc) is 2.98. The van der Waals surface area contributed by atoms with Crippen molar-refractivity contribution in [3.63, 3.8) is 0 Å². The summed E-state index contributed by atoms with van der Waals surface area (Å²) >= 11 is 0. The highest BCUT2D eigenvalue weighted by molar-refractivity contribution is 6.23. The summed E-state index contributed by atoms with van der Waals surface area (Å²) in [5.74, 6) is -1.36. The van der Waals surface area contributed by atoms with Crippen LogP contribution >= 0.6 is 0 Å². The zero-order chi connectivity index (χ0) is 21.8. The van der Waals surface area contributed by atoms with E-state index in [1.165, 1.54) is 24.1 Å². The molecule has 2 aromatic carbocycles. The number of anilines is 1. The zero-order valence-electron chi connectivity index (χ0n) is 16.8. The third-order valence-electron chi connectivity index (χ3n) is 4.66. The molecule has 30 heavy (non-hydrogen) atoms. The van der Waals surface area contributed by atoms with E-state index in [9.17, 15) is 14.4 Å². The first kappa shape index (κ1) is 20.9. The zero-order valence-corrected chi connectivity index (χ0v) is 16.8. The fourth-order valence-corrected chi connectivity index (χ4v) is 3.24. The number of allylic oxidation sites excluding steroid dienone is 1. The Labute approximate surface area is 173 Å². The molecule has 0 saturated carbocycles. The maximum absolute atomic E-state index is 13.2. The number of amides is 1. The molecule has 1 N–H and O–H groups in total. The molecule has 0 fully saturated rings. The van der Waals surface area contributed by atoms with E-state index in [-0.39, 0.29) is 22.6 Å². The Kier molecular flexibility index (Phi) is 6.01. The molecule has 0 aromatic heterocycles. The third kappa shape index (κ3) is 3.96. The summed E-state index contributed by atoms with van der Waals surface area (Å²) in [5, 5.41) is 9.04. The number of carbonyl (C=O) groups is 3. The van der Waals surface area contributed by atoms with E-state index < -0.39 is 11.9 Å². The van der Waals surface area contributed by atoms with Crippen molar-refractivity contribution in [3.8, 4) is 5.75 Å². The second-order valence-corrected chi connectivity index (χ2v) is 6.50. The summed E-state index contributed by atoms with van der Waals surface area (Å²) in [6.45, 7) is 4.09. The topological polar surface area (TPSA) is 93.1 Å². The van der Waals surface area contributed by atoms with E-state index in [1.807, 2.05) is 6.92 Å². The first-order valence-electron chi connectivity index (χ1n) is 9.29. The van der Waals surface area contributed by atoms with Gasteiger partial charge >= 0.3 is 11.9 Å². The molecule has 0 radical (unpaired) electrons. The molecule has 3 rings (SSSR count). The van der Waals surface area contributed by atoms with Crippen LogP contribution in [0, 0.1) is 0 Å². The maximum Gasteiger partial charge on any atom is 0.340 e. The van der Waals surface area contributed by atoms with Gasteiger partial charge in [0.15, 0.2) is 0 Å². The number of esters is 1. The first-order valence-corrected chi connectivity index (χ1v) is 9.29. The van der Waals surface area contributed by atoms with Crippen molar-refractivity contribution in [3.05, 3.63) is 76.5 Å². The average molecular weight is 407 g/mol. The van der Waals surface area contributed by atoms with Crippen molar-refractivity contribution in [2.75, 3.05) is 18.6 Å². The van der Waals surface area contributed by atoms with Crippen LogP contribution in [0.1, 0.15) is 29.8 Å². The quantitative estimate of drug-likeness (QED) is 0.580. The molecule has 154 valence electrons. The van der Waals surface area contributed by atoms with Gasteiger partial charge < -0.3 is 14.6 Å². The Morgan fingerprint density at radius 2 is 1.70 bits per heavy atom. The summed E-state index contributed by atoms with van der Waals surface area (Å²) in [5.41, 5.74) is 2.10. The molecule has 0 bridgehead atoms. The third-order valence-corrected chi connectivity index (χ3v) is 4.66. The smallest absolute Gasteiger partial charge is 0.340 e. The van der Waals surface area contributed by atoms with Gasteiger partial charge in [-0.1, -0.05) is 12.1 Å². The van der Waals surface area contributed by atoms with Crippen molar-refractivity contribution in [1.82, 2.24) is 0 Å². The molecule has 7 nitrogen and oxygen atoms in total. The lowest BCUT2D eigenvalue weighted by atomic mass is 10.0. The van der Waals surface area contributed by atoms with Gasteiger partial charge in [0.25, 0.3) is 5.91 Å². The van der Waals surface area contributed by atoms with E-state index in [2.05, 4.69) is 0 Å². The van der Waals surface area contributed by atoms with Gasteiger partial charge in [0.2, 0.25) is 0 Å². The van der Waals surface area contributed by atoms with Gasteiger partial charge in [0.05, 0.1) is 30.4 Å². The predicted octanol–water partition coefficient (Wildman–Crippen LogP) is 3.66. The Balaban J connectivity index is 2.04. The van der Waals surface area contributed by atoms with E-state index in [4.69, 9.17) is 14.6 Å². The minimum atomic E-state index is -1.04. The number of carbonyl (C=O) groups excluding carboxylic acids is 2. The molecule has 1 aliphatic rings. The van der Waals surface area contributed by atoms with Gasteiger partial charge in [-0.15, -0.1) is 0 Å². The van der Waals surface area contributed by atoms with Crippen LogP contribution in [0.2, 0.25) is 0 Å². The highest BCUT2D eigenvalue weighted by Gasteiger charge is 2.37. The van der Waals surface area contributed by atoms with E-state index >= 15 is 0 Å². The van der Waals surface area contributed by atoms with Crippen molar-refractivity contribution < 1.29 is 29.0 Å². The number of rotatable bonds is 6. The minimum absolute atomic E-state index is 0.130. The van der Waals surface area contributed by atoms with Gasteiger partial charge in [-0.25, -0.2) is 9.59 Å². The summed E-state index contributed by atoms with van der Waals surface area (Å²) in [6, 6.07) is 13.0. The van der Waals surface area contributed by atoms with Gasteiger partial charge in [-0.05, 0) is 61.9 Å². The fourth-order valence-electron chi connectivity index (χ4n) is 3.24. The number of benzene rings is 2. The molecule has 0 spiro atoms. The lowest BCUT2D eigenvalue weighted by molar-refractivity contribution is -0.136. The van der Waals surface area contributed by atoms with Crippen molar-refractivity contribution >= 4 is 29.6 Å². The molecule has 0 saturated heterocycles. The first-order chi connectivity index (χ1) is 14.4. The summed E-state index contributed by atoms with van der Waals surface area (Å²) in [6.07, 6.45) is 1.55. The highest BCUT2D eigenvalue weighted by atomic mass is 16.5. The van der Waals surface area contributed by atoms with Crippen LogP contribution in [0.25, 0.3) is 6.08 Å². The number of hydrogen-bond donors (Lipinski definition) is 1. The van der Waals surface area contributed by atoms with Crippen molar-refractivity contribution in [1.29, 1.82) is 0 Å². The Morgan fingerprint density at radius 1 is 1.07 bits per heavy atom. The summed E-state index contributed by atoms with van der Waals surface area (Å²) in [7, 11) is 1.26. The molecule has 1 aliphatic heterocycles. The van der Waals surface area contributed by atoms with Crippen LogP contribution < -0.4 is 9.64 Å². The lowest BCUT2D eigenvalue weighted by Gasteiger charge is -2.18. The number of hydrogen-bond acceptors (Lipinski definition) is 5. The molecular weight excluding hydrogens is 386 g/mol. The number of ether oxygens (including phenoxy) is 2. The molecule has 0 atom stereocenters. The molecule has 1 heterocycles. The molecule has 1 amide bonds. The SMILES string of the molecule is CCOc1ccc(N2C(=O)C(=Cc3ccc(C(=O)O)cc3)C(C(=O)OC)=C2C)cc1. The van der Waals surface area contributed by atoms with E-state index in [0.29, 0.717) is 29.3 Å². The Morgan fingerprint density at radius 3 is 2.23 bits per heavy atom. The second kappa shape index (κ2) is 8.65. The fraction of sp³-hybridized carbons (Fsp3) is 0.174. The van der Waals surface area contributed by atoms with E-state index in [0.717, 1.165) is 0 Å². The molecular formula is C23H21NO6. The van der Waals surface area contributed by atoms with Crippen molar-refractivity contribution in [2.24, 2.45) is 0 Å². The van der Waals surface area contributed by atoms with Crippen LogP contribution in [-0.2, 0) is 14.3 Å². The predicted molar refractivity (Wildman–Crippen MR) is 111 cm³/mol. The number of methoxy groups -OCH3 is 1. The van der Waals surface area contributed by atoms with Crippen LogP contribution in [0.5, 0.6) is 5.75 Å². The van der Waals surface area contributed by atoms with Gasteiger partial charge in [0.1, 0.15) is 5.75 Å². The molecule has 0 unspecified atom stereocenters. The standard InChI is InChI=1S/C23H21NO6/c1-4-30-18-11-9-17(10-12-18)24-14(2)20(23(28)29-3)19(21(24)25)13-15-5-7-16(8-6-15)22(26)27/h5-13H,4H2,1-3H3,(H,26,27). The number of carboxylic acids is 1. The largest absolute Gasteiger partial charge is 0.494 e. The van der Waals surface area contributed by atoms with Crippen LogP contribution in [-0.4, -0.2) is 36.7 Å². The number of nitrogens with zero attached hydrogens (tertiary/aromatic N) is 1. The maximum atomic E-state index is 13.2. The molecule has 0 aliphatic carbocycles. The Bertz CT molecular complexity index is 1050. The lowest BCUT2D eigenvalue weighted by Crippen LogP contribution is -2.24. The van der Waals surface area contributed by atoms with Crippen LogP contribution in [0.3, 0.4) is 0 Å². The highest BCUT2D eigenvalue weighted by Crippen LogP contribution is 2.36. The number of aromatic carboxylic acids is 1. The normalized spacial score (nSPS) is 15.0. The van der Waals surface area contributed by atoms with Crippen molar-refractivity contribution in [2.45, 2.75) is 13.8 Å². The monoisotopic (exact) mass is 407 g/mol. The number of carboxylic acid groups (broad SMARTS) is 1. The summed E-state index contributed by atoms with van der Waals surface area (Å²) < 4.78 is 10.3. The summed E-state index contributed by atoms with van der Waals surface area (Å²) in [4.78, 5) is 38.1. The van der Waals surface area contributed by atoms with Gasteiger partial charge in [-0.3, -0.25) is 9.69 Å². The Hall–Kier alpha value is -3.87. The van der Waals surface area contributed by atoms with Crippen LogP contribution in [0.4, 0.5) is 5.69 Å². The molecule has 2 aromatic rings. The van der Waals surface area contributed by atoms with Gasteiger partial charge in [0, 0.05) is 11.4 Å². The molecule has 7 heteroatoms. The van der Waals surface area contributed by atoms with E-state index in [1.54, 1.807) is 49.4 Å². The minimum Gasteiger partial charge on any atom is -0.494 e. The van der Waals surface area contributed by atoms with Gasteiger partial charge in [-0.2, -0.15) is 0 Å². The second-order valence-electron chi connectivity index (χ2n) is 6.50. The van der Waals surface area contributed by atoms with Crippen LogP contribution in [0.15, 0.2) is 65.4 Å².